The van der Waals surface area contributed by atoms with Gasteiger partial charge in [0.25, 0.3) is 5.91 Å². The number of pyridine rings is 1. The molecule has 1 amide bonds. The third kappa shape index (κ3) is 7.43. The van der Waals surface area contributed by atoms with Gasteiger partial charge in [0.2, 0.25) is 0 Å². The molecule has 0 bridgehead atoms. The summed E-state index contributed by atoms with van der Waals surface area (Å²) < 4.78 is 2.09. The minimum atomic E-state index is -0.00454. The number of nitrogens with zero attached hydrogens (tertiary/aromatic N) is 4. The molecule has 37 heavy (non-hydrogen) atoms. The van der Waals surface area contributed by atoms with E-state index in [4.69, 9.17) is 0 Å². The second-order valence-electron chi connectivity index (χ2n) is 9.39. The van der Waals surface area contributed by atoms with Crippen molar-refractivity contribution in [3.05, 3.63) is 70.9 Å². The fourth-order valence-corrected chi connectivity index (χ4v) is 6.22. The molecule has 10 heteroatoms. The highest BCUT2D eigenvalue weighted by Crippen LogP contribution is 2.34. The van der Waals surface area contributed by atoms with Crippen LogP contribution in [0.4, 0.5) is 0 Å². The predicted octanol–water partition coefficient (Wildman–Crippen LogP) is 5.19. The zero-order valence-corrected chi connectivity index (χ0v) is 24.5. The molecule has 0 unspecified atom stereocenters. The van der Waals surface area contributed by atoms with E-state index in [2.05, 4.69) is 68.7 Å². The fraction of sp³-hybridized carbons (Fsp3) is 0.407. The number of aromatic nitrogens is 2. The van der Waals surface area contributed by atoms with E-state index in [-0.39, 0.29) is 43.1 Å². The molecule has 6 nitrogen and oxygen atoms in total. The molecule has 0 aliphatic carbocycles. The van der Waals surface area contributed by atoms with E-state index in [1.165, 1.54) is 23.7 Å². The van der Waals surface area contributed by atoms with E-state index in [0.29, 0.717) is 18.6 Å². The number of carbonyl (C=O) groups is 1. The fourth-order valence-electron chi connectivity index (χ4n) is 5.21. The van der Waals surface area contributed by atoms with Gasteiger partial charge in [0.1, 0.15) is 5.65 Å². The number of amides is 1. The van der Waals surface area contributed by atoms with Crippen molar-refractivity contribution < 1.29 is 4.79 Å². The molecule has 202 valence electrons. The van der Waals surface area contributed by atoms with Crippen LogP contribution in [0.5, 0.6) is 0 Å². The van der Waals surface area contributed by atoms with Crippen molar-refractivity contribution in [1.82, 2.24) is 24.5 Å². The van der Waals surface area contributed by atoms with Gasteiger partial charge in [-0.2, -0.15) is 0 Å². The smallest absolute Gasteiger partial charge is 0.258 e. The Kier molecular flexibility index (Phi) is 12.3. The van der Waals surface area contributed by atoms with Gasteiger partial charge in [-0.3, -0.25) is 19.0 Å². The predicted molar refractivity (Wildman–Crippen MR) is 161 cm³/mol. The van der Waals surface area contributed by atoms with E-state index >= 15 is 0 Å². The van der Waals surface area contributed by atoms with Gasteiger partial charge < -0.3 is 5.32 Å². The first kappa shape index (κ1) is 31.5. The molecule has 0 radical (unpaired) electrons. The van der Waals surface area contributed by atoms with Gasteiger partial charge >= 0.3 is 0 Å². The zero-order chi connectivity index (χ0) is 23.5. The number of hydrogen-bond acceptors (Lipinski definition) is 5. The Bertz CT molecular complexity index is 1180. The van der Waals surface area contributed by atoms with E-state index in [0.717, 1.165) is 53.9 Å². The Balaban J connectivity index is 0.00000160. The number of halogens is 3. The number of rotatable bonds is 8. The summed E-state index contributed by atoms with van der Waals surface area (Å²) in [5, 5.41) is 4.17. The van der Waals surface area contributed by atoms with E-state index in [1.807, 2.05) is 30.5 Å². The lowest BCUT2D eigenvalue weighted by atomic mass is 10.1. The largest absolute Gasteiger partial charge is 0.350 e. The Labute approximate surface area is 242 Å². The maximum absolute atomic E-state index is 12.8. The average molecular weight is 585 g/mol. The minimum Gasteiger partial charge on any atom is -0.350 e. The Morgan fingerprint density at radius 3 is 2.46 bits per heavy atom. The van der Waals surface area contributed by atoms with Crippen molar-refractivity contribution in [2.75, 3.05) is 32.7 Å². The molecule has 1 aromatic carbocycles. The molecule has 0 spiro atoms. The molecule has 0 saturated carbocycles. The van der Waals surface area contributed by atoms with Crippen LogP contribution in [-0.2, 0) is 11.2 Å². The Morgan fingerprint density at radius 2 is 1.73 bits per heavy atom. The molecule has 5 rings (SSSR count). The van der Waals surface area contributed by atoms with E-state index in [1.54, 1.807) is 0 Å². The van der Waals surface area contributed by atoms with Crippen LogP contribution in [0.1, 0.15) is 31.5 Å². The van der Waals surface area contributed by atoms with Crippen molar-refractivity contribution in [1.29, 1.82) is 0 Å². The number of nitrogens with one attached hydrogen (secondary N) is 1. The number of carbonyl (C=O) groups excluding carboxylic acids is 1. The Morgan fingerprint density at radius 1 is 1.00 bits per heavy atom. The molecule has 1 N–H and O–H groups in total. The molecule has 3 aromatic rings. The highest BCUT2D eigenvalue weighted by Gasteiger charge is 2.29. The number of hydrogen-bond donors (Lipinski definition) is 1. The van der Waals surface area contributed by atoms with E-state index in [9.17, 15) is 4.79 Å². The number of aryl methyl sites for hydroxylation is 1. The van der Waals surface area contributed by atoms with E-state index < -0.39 is 0 Å². The van der Waals surface area contributed by atoms with Crippen LogP contribution in [-0.4, -0.2) is 69.9 Å². The molecule has 1 fully saturated rings. The lowest BCUT2D eigenvalue weighted by Crippen LogP contribution is -2.57. The van der Waals surface area contributed by atoms with Crippen molar-refractivity contribution in [2.45, 2.75) is 43.8 Å². The summed E-state index contributed by atoms with van der Waals surface area (Å²) in [6.07, 6.45) is 6.09. The third-order valence-electron chi connectivity index (χ3n) is 6.85. The molecule has 2 aliphatic rings. The quantitative estimate of drug-likeness (QED) is 0.395. The number of imidazole rings is 1. The summed E-state index contributed by atoms with van der Waals surface area (Å²) in [6.45, 7) is 9.43. The normalized spacial score (nSPS) is 19.2. The lowest BCUT2D eigenvalue weighted by Gasteiger charge is -2.44. The monoisotopic (exact) mass is 583 g/mol. The number of thioether (sulfide) groups is 1. The van der Waals surface area contributed by atoms with Crippen LogP contribution >= 0.6 is 49.0 Å². The molecule has 2 atom stereocenters. The topological polar surface area (TPSA) is 52.9 Å². The van der Waals surface area contributed by atoms with Gasteiger partial charge in [0.15, 0.2) is 0 Å². The zero-order valence-electron chi connectivity index (χ0n) is 21.2. The maximum Gasteiger partial charge on any atom is 0.258 e. The first-order valence-corrected chi connectivity index (χ1v) is 13.1. The number of piperazine rings is 1. The van der Waals surface area contributed by atoms with Crippen LogP contribution in [0.3, 0.4) is 0 Å². The first-order chi connectivity index (χ1) is 16.6. The maximum atomic E-state index is 12.8. The summed E-state index contributed by atoms with van der Waals surface area (Å²) in [5.41, 5.74) is 3.29. The van der Waals surface area contributed by atoms with Crippen LogP contribution in [0.15, 0.2) is 64.7 Å². The Hall–Kier alpha value is -1.74. The second kappa shape index (κ2) is 14.4. The summed E-state index contributed by atoms with van der Waals surface area (Å²) in [6, 6.07) is 17.8. The van der Waals surface area contributed by atoms with Gasteiger partial charge in [-0.25, -0.2) is 4.98 Å². The van der Waals surface area contributed by atoms with Gasteiger partial charge in [-0.15, -0.1) is 37.2 Å². The van der Waals surface area contributed by atoms with Gasteiger partial charge in [0.05, 0.1) is 21.8 Å². The SMILES string of the molecule is C[C@@H]1CN(CCNC(=O)C2=Cc3cnc4cccc(n34)S2)C[C@H](C)N1CCCc1ccccc1.Cl.Cl.Cl. The highest BCUT2D eigenvalue weighted by molar-refractivity contribution is 8.04. The summed E-state index contributed by atoms with van der Waals surface area (Å²) in [7, 11) is 0. The molecule has 4 heterocycles. The van der Waals surface area contributed by atoms with Crippen molar-refractivity contribution >= 4 is 66.6 Å². The average Bonchev–Trinajstić information content (AvgIpc) is 3.26. The van der Waals surface area contributed by atoms with Crippen LogP contribution in [0, 0.1) is 0 Å². The molecule has 2 aromatic heterocycles. The summed E-state index contributed by atoms with van der Waals surface area (Å²) in [5.74, 6) is -0.00454. The van der Waals surface area contributed by atoms with Gasteiger partial charge in [-0.1, -0.05) is 48.2 Å². The van der Waals surface area contributed by atoms with Gasteiger partial charge in [-0.05, 0) is 57.0 Å². The van der Waals surface area contributed by atoms with Crippen LogP contribution in [0.2, 0.25) is 0 Å². The van der Waals surface area contributed by atoms with Crippen molar-refractivity contribution in [2.24, 2.45) is 0 Å². The van der Waals surface area contributed by atoms with Crippen molar-refractivity contribution in [3.8, 4) is 0 Å². The summed E-state index contributed by atoms with van der Waals surface area (Å²) in [4.78, 5) is 23.1. The standard InChI is InChI=1S/C27H33N5OS.3ClH/c1-20-18-30(19-21(2)31(20)14-7-10-22-8-4-3-5-9-22)15-13-28-27(33)24-16-23-17-29-25-11-6-12-26(34-24)32(23)25;;;/h3-6,8-9,11-12,16-17,20-21H,7,10,13-15,18-19H2,1-2H3,(H,28,33);3*1H/t20-,21+;;;. The third-order valence-corrected chi connectivity index (χ3v) is 7.90. The molecular formula is C27H36Cl3N5OS. The summed E-state index contributed by atoms with van der Waals surface area (Å²) >= 11 is 1.51. The molecular weight excluding hydrogens is 549 g/mol. The first-order valence-electron chi connectivity index (χ1n) is 12.2. The van der Waals surface area contributed by atoms with Gasteiger partial charge in [0, 0.05) is 38.3 Å². The van der Waals surface area contributed by atoms with Crippen LogP contribution in [0.25, 0.3) is 11.7 Å². The second-order valence-corrected chi connectivity index (χ2v) is 10.5. The molecule has 2 aliphatic heterocycles. The van der Waals surface area contributed by atoms with Crippen LogP contribution < -0.4 is 5.32 Å². The minimum absolute atomic E-state index is 0. The number of benzene rings is 1. The molecule has 1 saturated heterocycles. The highest BCUT2D eigenvalue weighted by atomic mass is 35.5. The lowest BCUT2D eigenvalue weighted by molar-refractivity contribution is -0.116. The van der Waals surface area contributed by atoms with Crippen molar-refractivity contribution in [3.63, 3.8) is 0 Å².